The van der Waals surface area contributed by atoms with Crippen molar-refractivity contribution in [1.82, 2.24) is 10.2 Å². The van der Waals surface area contributed by atoms with E-state index in [4.69, 9.17) is 0 Å². The zero-order valence-electron chi connectivity index (χ0n) is 10.7. The second-order valence-electron chi connectivity index (χ2n) is 5.45. The van der Waals surface area contributed by atoms with Crippen LogP contribution >= 0.6 is 0 Å². The van der Waals surface area contributed by atoms with Crippen LogP contribution < -0.4 is 5.32 Å². The Labute approximate surface area is 103 Å². The Morgan fingerprint density at radius 2 is 1.82 bits per heavy atom. The summed E-state index contributed by atoms with van der Waals surface area (Å²) in [6.07, 6.45) is 6.19. The molecule has 4 heteroatoms. The maximum absolute atomic E-state index is 12.3. The highest BCUT2D eigenvalue weighted by Crippen LogP contribution is 2.28. The van der Waals surface area contributed by atoms with Gasteiger partial charge in [-0.1, -0.05) is 19.3 Å². The third kappa shape index (κ3) is 2.61. The smallest absolute Gasteiger partial charge is 0.245 e. The SMILES string of the molecule is CC1CC(=O)NC(C2CCCCC2)C(=O)N1C. The van der Waals surface area contributed by atoms with Gasteiger partial charge in [-0.15, -0.1) is 0 Å². The number of nitrogens with one attached hydrogen (secondary N) is 1. The molecule has 2 aliphatic rings. The molecule has 0 radical (unpaired) electrons. The van der Waals surface area contributed by atoms with Crippen LogP contribution in [0.3, 0.4) is 0 Å². The van der Waals surface area contributed by atoms with Gasteiger partial charge in [0.05, 0.1) is 0 Å². The summed E-state index contributed by atoms with van der Waals surface area (Å²) in [6.45, 7) is 1.93. The van der Waals surface area contributed by atoms with E-state index in [1.54, 1.807) is 4.90 Å². The number of nitrogens with zero attached hydrogens (tertiary/aromatic N) is 1. The fraction of sp³-hybridized carbons (Fsp3) is 0.846. The molecule has 2 amide bonds. The first-order chi connectivity index (χ1) is 8.09. The van der Waals surface area contributed by atoms with Crippen LogP contribution in [0.5, 0.6) is 0 Å². The van der Waals surface area contributed by atoms with E-state index in [9.17, 15) is 9.59 Å². The summed E-state index contributed by atoms with van der Waals surface area (Å²) in [5.74, 6) is 0.453. The number of hydrogen-bond acceptors (Lipinski definition) is 2. The first-order valence-electron chi connectivity index (χ1n) is 6.65. The van der Waals surface area contributed by atoms with Gasteiger partial charge in [0.1, 0.15) is 6.04 Å². The fourth-order valence-electron chi connectivity index (χ4n) is 2.92. The molecule has 1 saturated carbocycles. The third-order valence-corrected chi connectivity index (χ3v) is 4.19. The lowest BCUT2D eigenvalue weighted by Crippen LogP contribution is -2.49. The van der Waals surface area contributed by atoms with E-state index in [1.807, 2.05) is 14.0 Å². The normalized spacial score (nSPS) is 32.2. The van der Waals surface area contributed by atoms with E-state index in [-0.39, 0.29) is 23.9 Å². The van der Waals surface area contributed by atoms with Crippen molar-refractivity contribution in [1.29, 1.82) is 0 Å². The van der Waals surface area contributed by atoms with Crippen molar-refractivity contribution < 1.29 is 9.59 Å². The van der Waals surface area contributed by atoms with Crippen molar-refractivity contribution in [3.63, 3.8) is 0 Å². The van der Waals surface area contributed by atoms with Crippen molar-refractivity contribution in [2.75, 3.05) is 7.05 Å². The minimum Gasteiger partial charge on any atom is -0.344 e. The highest BCUT2D eigenvalue weighted by Gasteiger charge is 2.36. The molecule has 4 nitrogen and oxygen atoms in total. The van der Waals surface area contributed by atoms with Gasteiger partial charge < -0.3 is 10.2 Å². The van der Waals surface area contributed by atoms with Gasteiger partial charge in [-0.2, -0.15) is 0 Å². The summed E-state index contributed by atoms with van der Waals surface area (Å²) >= 11 is 0. The van der Waals surface area contributed by atoms with Crippen LogP contribution in [0.4, 0.5) is 0 Å². The number of amides is 2. The Morgan fingerprint density at radius 1 is 1.18 bits per heavy atom. The van der Waals surface area contributed by atoms with Gasteiger partial charge in [0.25, 0.3) is 0 Å². The molecule has 17 heavy (non-hydrogen) atoms. The van der Waals surface area contributed by atoms with Gasteiger partial charge >= 0.3 is 0 Å². The lowest BCUT2D eigenvalue weighted by Gasteiger charge is -2.31. The molecule has 2 rings (SSSR count). The van der Waals surface area contributed by atoms with Crippen LogP contribution in [0.1, 0.15) is 45.4 Å². The molecule has 0 aromatic carbocycles. The van der Waals surface area contributed by atoms with Crippen molar-refractivity contribution in [2.24, 2.45) is 5.92 Å². The fourth-order valence-corrected chi connectivity index (χ4v) is 2.92. The third-order valence-electron chi connectivity index (χ3n) is 4.19. The highest BCUT2D eigenvalue weighted by atomic mass is 16.2. The molecule has 0 aromatic heterocycles. The van der Waals surface area contributed by atoms with Gasteiger partial charge in [0.15, 0.2) is 0 Å². The quantitative estimate of drug-likeness (QED) is 0.748. The van der Waals surface area contributed by atoms with Crippen LogP contribution in [0.2, 0.25) is 0 Å². The van der Waals surface area contributed by atoms with E-state index in [0.717, 1.165) is 12.8 Å². The first-order valence-corrected chi connectivity index (χ1v) is 6.65. The van der Waals surface area contributed by atoms with Crippen LogP contribution in [0, 0.1) is 5.92 Å². The molecule has 2 fully saturated rings. The monoisotopic (exact) mass is 238 g/mol. The number of rotatable bonds is 1. The molecule has 2 atom stereocenters. The highest BCUT2D eigenvalue weighted by molar-refractivity contribution is 5.90. The van der Waals surface area contributed by atoms with E-state index in [1.165, 1.54) is 19.3 Å². The van der Waals surface area contributed by atoms with Gasteiger partial charge in [-0.3, -0.25) is 9.59 Å². The zero-order chi connectivity index (χ0) is 12.4. The van der Waals surface area contributed by atoms with Crippen LogP contribution in [0.25, 0.3) is 0 Å². The first kappa shape index (κ1) is 12.4. The van der Waals surface area contributed by atoms with Crippen molar-refractivity contribution in [3.05, 3.63) is 0 Å². The number of carbonyl (C=O) groups excluding carboxylic acids is 2. The summed E-state index contributed by atoms with van der Waals surface area (Å²) in [5.41, 5.74) is 0. The van der Waals surface area contributed by atoms with Gasteiger partial charge in [-0.05, 0) is 25.7 Å². The molecule has 0 aromatic rings. The predicted molar refractivity (Wildman–Crippen MR) is 65.4 cm³/mol. The second-order valence-corrected chi connectivity index (χ2v) is 5.45. The van der Waals surface area contributed by atoms with Gasteiger partial charge in [0, 0.05) is 19.5 Å². The standard InChI is InChI=1S/C13H22N2O2/c1-9-8-11(16)14-12(13(17)15(9)2)10-6-4-3-5-7-10/h9-10,12H,3-8H2,1-2H3,(H,14,16). The van der Waals surface area contributed by atoms with Gasteiger partial charge in [0.2, 0.25) is 11.8 Å². The summed E-state index contributed by atoms with van der Waals surface area (Å²) < 4.78 is 0. The maximum atomic E-state index is 12.3. The Balaban J connectivity index is 2.13. The van der Waals surface area contributed by atoms with E-state index in [0.29, 0.717) is 12.3 Å². The van der Waals surface area contributed by atoms with Crippen LogP contribution in [-0.2, 0) is 9.59 Å². The Kier molecular flexibility index (Phi) is 3.69. The average molecular weight is 238 g/mol. The van der Waals surface area contributed by atoms with Crippen LogP contribution in [-0.4, -0.2) is 35.8 Å². The lowest BCUT2D eigenvalue weighted by atomic mass is 9.83. The second kappa shape index (κ2) is 5.07. The molecule has 1 aliphatic heterocycles. The Bertz CT molecular complexity index is 311. The molecule has 0 spiro atoms. The number of likely N-dealkylation sites (N-methyl/N-ethyl adjacent to an activating group) is 1. The predicted octanol–water partition coefficient (Wildman–Crippen LogP) is 1.30. The molecule has 1 N–H and O–H groups in total. The molecule has 0 bridgehead atoms. The minimum atomic E-state index is -0.280. The average Bonchev–Trinajstić information content (AvgIpc) is 2.43. The summed E-state index contributed by atoms with van der Waals surface area (Å²) in [5, 5.41) is 2.93. The Hall–Kier alpha value is -1.06. The molecule has 1 heterocycles. The van der Waals surface area contributed by atoms with Crippen molar-refractivity contribution in [2.45, 2.75) is 57.5 Å². The summed E-state index contributed by atoms with van der Waals surface area (Å²) in [6, 6.07) is -0.270. The lowest BCUT2D eigenvalue weighted by molar-refractivity contribution is -0.135. The Morgan fingerprint density at radius 3 is 2.47 bits per heavy atom. The molecule has 1 saturated heterocycles. The van der Waals surface area contributed by atoms with Crippen molar-refractivity contribution in [3.8, 4) is 0 Å². The zero-order valence-corrected chi connectivity index (χ0v) is 10.7. The van der Waals surface area contributed by atoms with Crippen LogP contribution in [0.15, 0.2) is 0 Å². The van der Waals surface area contributed by atoms with E-state index in [2.05, 4.69) is 5.32 Å². The topological polar surface area (TPSA) is 49.4 Å². The molecule has 2 unspecified atom stereocenters. The maximum Gasteiger partial charge on any atom is 0.245 e. The summed E-state index contributed by atoms with van der Waals surface area (Å²) in [4.78, 5) is 25.8. The van der Waals surface area contributed by atoms with Crippen molar-refractivity contribution >= 4 is 11.8 Å². The molecular weight excluding hydrogens is 216 g/mol. The van der Waals surface area contributed by atoms with E-state index >= 15 is 0 Å². The van der Waals surface area contributed by atoms with Gasteiger partial charge in [-0.25, -0.2) is 0 Å². The summed E-state index contributed by atoms with van der Waals surface area (Å²) in [7, 11) is 1.81. The number of carbonyl (C=O) groups is 2. The number of hydrogen-bond donors (Lipinski definition) is 1. The largest absolute Gasteiger partial charge is 0.344 e. The van der Waals surface area contributed by atoms with E-state index < -0.39 is 0 Å². The molecular formula is C13H22N2O2. The molecule has 1 aliphatic carbocycles. The molecule has 96 valence electrons. The minimum absolute atomic E-state index is 0.0103.